The number of aromatic amines is 1. The minimum atomic E-state index is -0.120. The summed E-state index contributed by atoms with van der Waals surface area (Å²) >= 11 is 0. The molecule has 0 atom stereocenters. The van der Waals surface area contributed by atoms with Gasteiger partial charge in [0.25, 0.3) is 5.91 Å². The van der Waals surface area contributed by atoms with Crippen molar-refractivity contribution in [2.45, 2.75) is 32.6 Å². The normalized spacial score (nSPS) is 11.2. The summed E-state index contributed by atoms with van der Waals surface area (Å²) in [7, 11) is 1.62. The van der Waals surface area contributed by atoms with E-state index in [1.807, 2.05) is 30.3 Å². The zero-order valence-electron chi connectivity index (χ0n) is 19.7. The number of nitrogens with one attached hydrogen (secondary N) is 4. The van der Waals surface area contributed by atoms with Crippen LogP contribution in [0.5, 0.6) is 0 Å². The van der Waals surface area contributed by atoms with E-state index in [0.29, 0.717) is 29.6 Å². The molecular formula is C25H28N8O. The van der Waals surface area contributed by atoms with Gasteiger partial charge in [-0.05, 0) is 41.8 Å². The standard InChI is InChI=1S/C25H28N8O/c1-25(2,3)20-14-22(33-32-20)30-21-10-12-28-24(31-21)29-18-7-5-16(6-8-18)13-17-15-27-11-9-19(17)23(34)26-4/h5-12,14-15H,13H2,1-4H3,(H,26,34)(H3,28,29,30,31,32,33). The molecule has 0 aliphatic rings. The third kappa shape index (κ3) is 5.55. The van der Waals surface area contributed by atoms with Crippen molar-refractivity contribution in [1.82, 2.24) is 30.5 Å². The number of carbonyl (C=O) groups excluding carboxylic acids is 1. The number of benzene rings is 1. The Labute approximate surface area is 198 Å². The highest BCUT2D eigenvalue weighted by molar-refractivity contribution is 5.95. The van der Waals surface area contributed by atoms with Gasteiger partial charge in [-0.1, -0.05) is 32.9 Å². The van der Waals surface area contributed by atoms with Gasteiger partial charge in [0, 0.05) is 54.1 Å². The molecule has 1 amide bonds. The van der Waals surface area contributed by atoms with Gasteiger partial charge in [0.1, 0.15) is 5.82 Å². The lowest BCUT2D eigenvalue weighted by Gasteiger charge is -2.14. The molecule has 9 nitrogen and oxygen atoms in total. The molecule has 4 aromatic rings. The average molecular weight is 457 g/mol. The zero-order chi connectivity index (χ0) is 24.1. The minimum absolute atomic E-state index is 0.0154. The summed E-state index contributed by atoms with van der Waals surface area (Å²) in [4.78, 5) is 25.1. The van der Waals surface area contributed by atoms with E-state index in [0.717, 1.165) is 22.5 Å². The third-order valence-corrected chi connectivity index (χ3v) is 5.28. The predicted molar refractivity (Wildman–Crippen MR) is 133 cm³/mol. The second-order valence-corrected chi connectivity index (χ2v) is 8.92. The highest BCUT2D eigenvalue weighted by Crippen LogP contribution is 2.24. The lowest BCUT2D eigenvalue weighted by Crippen LogP contribution is -2.19. The molecule has 0 radical (unpaired) electrons. The predicted octanol–water partition coefficient (Wildman–Crippen LogP) is 4.33. The van der Waals surface area contributed by atoms with Crippen LogP contribution in [0.3, 0.4) is 0 Å². The van der Waals surface area contributed by atoms with Crippen LogP contribution in [0.4, 0.5) is 23.3 Å². The van der Waals surface area contributed by atoms with E-state index in [1.54, 1.807) is 37.8 Å². The highest BCUT2D eigenvalue weighted by atomic mass is 16.1. The number of pyridine rings is 1. The van der Waals surface area contributed by atoms with E-state index in [-0.39, 0.29) is 11.3 Å². The largest absolute Gasteiger partial charge is 0.355 e. The molecule has 3 heterocycles. The van der Waals surface area contributed by atoms with Crippen LogP contribution in [-0.4, -0.2) is 38.1 Å². The molecular weight excluding hydrogens is 428 g/mol. The number of aromatic nitrogens is 5. The van der Waals surface area contributed by atoms with Gasteiger partial charge in [-0.25, -0.2) is 4.98 Å². The quantitative estimate of drug-likeness (QED) is 0.327. The number of H-pyrrole nitrogens is 1. The van der Waals surface area contributed by atoms with Crippen LogP contribution in [0.25, 0.3) is 0 Å². The summed E-state index contributed by atoms with van der Waals surface area (Å²) in [5, 5.41) is 16.5. The fourth-order valence-corrected chi connectivity index (χ4v) is 3.37. The fraction of sp³-hybridized carbons (Fsp3) is 0.240. The van der Waals surface area contributed by atoms with Gasteiger partial charge in [0.05, 0.1) is 0 Å². The number of nitrogens with zero attached hydrogens (tertiary/aromatic N) is 4. The molecule has 9 heteroatoms. The smallest absolute Gasteiger partial charge is 0.251 e. The maximum atomic E-state index is 12.1. The number of hydrogen-bond acceptors (Lipinski definition) is 7. The summed E-state index contributed by atoms with van der Waals surface area (Å²) in [5.41, 5.74) is 4.44. The molecule has 0 unspecified atom stereocenters. The molecule has 4 rings (SSSR count). The summed E-state index contributed by atoms with van der Waals surface area (Å²) in [5.74, 6) is 1.69. The van der Waals surface area contributed by atoms with Crippen molar-refractivity contribution in [3.63, 3.8) is 0 Å². The molecule has 0 spiro atoms. The molecule has 34 heavy (non-hydrogen) atoms. The molecule has 0 saturated heterocycles. The van der Waals surface area contributed by atoms with Gasteiger partial charge in [0.2, 0.25) is 5.95 Å². The van der Waals surface area contributed by atoms with Crippen molar-refractivity contribution < 1.29 is 4.79 Å². The Bertz CT molecular complexity index is 1270. The van der Waals surface area contributed by atoms with Crippen molar-refractivity contribution in [2.24, 2.45) is 0 Å². The Morgan fingerprint density at radius 2 is 1.79 bits per heavy atom. The van der Waals surface area contributed by atoms with E-state index in [2.05, 4.69) is 61.9 Å². The van der Waals surface area contributed by atoms with Crippen LogP contribution < -0.4 is 16.0 Å². The van der Waals surface area contributed by atoms with E-state index in [1.165, 1.54) is 0 Å². The first-order valence-electron chi connectivity index (χ1n) is 11.0. The summed E-state index contributed by atoms with van der Waals surface area (Å²) in [6, 6.07) is 13.4. The van der Waals surface area contributed by atoms with Crippen LogP contribution in [-0.2, 0) is 11.8 Å². The van der Waals surface area contributed by atoms with Gasteiger partial charge in [0.15, 0.2) is 5.82 Å². The van der Waals surface area contributed by atoms with Crippen LogP contribution >= 0.6 is 0 Å². The number of carbonyl (C=O) groups is 1. The lowest BCUT2D eigenvalue weighted by molar-refractivity contribution is 0.0962. The van der Waals surface area contributed by atoms with Crippen molar-refractivity contribution in [1.29, 1.82) is 0 Å². The van der Waals surface area contributed by atoms with Crippen molar-refractivity contribution in [3.8, 4) is 0 Å². The monoisotopic (exact) mass is 456 g/mol. The summed E-state index contributed by atoms with van der Waals surface area (Å²) in [6.07, 6.45) is 5.64. The van der Waals surface area contributed by atoms with Gasteiger partial charge < -0.3 is 16.0 Å². The van der Waals surface area contributed by atoms with E-state index >= 15 is 0 Å². The van der Waals surface area contributed by atoms with Crippen LogP contribution in [0.15, 0.2) is 61.1 Å². The minimum Gasteiger partial charge on any atom is -0.355 e. The molecule has 0 bridgehead atoms. The summed E-state index contributed by atoms with van der Waals surface area (Å²) < 4.78 is 0. The Morgan fingerprint density at radius 1 is 1.00 bits per heavy atom. The number of rotatable bonds is 7. The second-order valence-electron chi connectivity index (χ2n) is 8.92. The number of hydrogen-bond donors (Lipinski definition) is 4. The van der Waals surface area contributed by atoms with Crippen LogP contribution in [0, 0.1) is 0 Å². The molecule has 0 aliphatic carbocycles. The molecule has 3 aromatic heterocycles. The molecule has 174 valence electrons. The Morgan fingerprint density at radius 3 is 2.50 bits per heavy atom. The number of amides is 1. The van der Waals surface area contributed by atoms with Crippen molar-refractivity contribution >= 4 is 29.2 Å². The SMILES string of the molecule is CNC(=O)c1ccncc1Cc1ccc(Nc2nccc(Nc3cc(C(C)(C)C)[nH]n3)n2)cc1. The van der Waals surface area contributed by atoms with Crippen LogP contribution in [0.1, 0.15) is 48.0 Å². The maximum absolute atomic E-state index is 12.1. The first-order valence-corrected chi connectivity index (χ1v) is 11.0. The highest BCUT2D eigenvalue weighted by Gasteiger charge is 2.17. The summed E-state index contributed by atoms with van der Waals surface area (Å²) in [6.45, 7) is 6.37. The lowest BCUT2D eigenvalue weighted by atomic mass is 9.92. The van der Waals surface area contributed by atoms with Crippen molar-refractivity contribution in [2.75, 3.05) is 17.7 Å². The maximum Gasteiger partial charge on any atom is 0.251 e. The fourth-order valence-electron chi connectivity index (χ4n) is 3.37. The van der Waals surface area contributed by atoms with Crippen LogP contribution in [0.2, 0.25) is 0 Å². The number of anilines is 4. The van der Waals surface area contributed by atoms with E-state index in [9.17, 15) is 4.79 Å². The molecule has 0 aliphatic heterocycles. The Kier molecular flexibility index (Phi) is 6.53. The molecule has 0 saturated carbocycles. The van der Waals surface area contributed by atoms with Gasteiger partial charge in [-0.15, -0.1) is 0 Å². The second kappa shape index (κ2) is 9.70. The Balaban J connectivity index is 1.42. The van der Waals surface area contributed by atoms with Gasteiger partial charge >= 0.3 is 0 Å². The Hall–Kier alpha value is -4.27. The molecule has 1 aromatic carbocycles. The molecule has 4 N–H and O–H groups in total. The third-order valence-electron chi connectivity index (χ3n) is 5.28. The van der Waals surface area contributed by atoms with Gasteiger partial charge in [-0.2, -0.15) is 10.1 Å². The van der Waals surface area contributed by atoms with Gasteiger partial charge in [-0.3, -0.25) is 14.9 Å². The van der Waals surface area contributed by atoms with E-state index < -0.39 is 0 Å². The van der Waals surface area contributed by atoms with Crippen molar-refractivity contribution in [3.05, 3.63) is 83.4 Å². The first kappa shape index (κ1) is 22.9. The van der Waals surface area contributed by atoms with E-state index in [4.69, 9.17) is 0 Å². The zero-order valence-corrected chi connectivity index (χ0v) is 19.7. The molecule has 0 fully saturated rings. The topological polar surface area (TPSA) is 121 Å². The average Bonchev–Trinajstić information content (AvgIpc) is 3.30. The first-order chi connectivity index (χ1) is 16.3.